The van der Waals surface area contributed by atoms with E-state index in [4.69, 9.17) is 9.15 Å². The van der Waals surface area contributed by atoms with E-state index in [1.165, 1.54) is 0 Å². The van der Waals surface area contributed by atoms with Gasteiger partial charge in [0.2, 0.25) is 0 Å². The van der Waals surface area contributed by atoms with Crippen LogP contribution in [0.15, 0.2) is 33.5 Å². The van der Waals surface area contributed by atoms with E-state index in [9.17, 15) is 9.59 Å². The van der Waals surface area contributed by atoms with E-state index in [2.05, 4.69) is 13.8 Å². The third-order valence-electron chi connectivity index (χ3n) is 3.84. The molecule has 0 spiro atoms. The fourth-order valence-corrected chi connectivity index (χ4v) is 2.53. The van der Waals surface area contributed by atoms with Crippen molar-refractivity contribution in [1.82, 2.24) is 0 Å². The fourth-order valence-electron chi connectivity index (χ4n) is 2.53. The molecule has 124 valence electrons. The van der Waals surface area contributed by atoms with E-state index in [0.29, 0.717) is 35.1 Å². The van der Waals surface area contributed by atoms with Crippen molar-refractivity contribution in [3.8, 4) is 5.75 Å². The summed E-state index contributed by atoms with van der Waals surface area (Å²) in [6.07, 6.45) is 5.58. The van der Waals surface area contributed by atoms with Crippen LogP contribution in [-0.4, -0.2) is 5.97 Å². The van der Waals surface area contributed by atoms with Gasteiger partial charge in [-0.1, -0.05) is 45.2 Å². The Morgan fingerprint density at radius 1 is 1.09 bits per heavy atom. The first kappa shape index (κ1) is 17.3. The molecule has 1 aromatic carbocycles. The van der Waals surface area contributed by atoms with Gasteiger partial charge in [0.05, 0.1) is 10.9 Å². The molecule has 0 unspecified atom stereocenters. The van der Waals surface area contributed by atoms with Gasteiger partial charge in [0, 0.05) is 6.42 Å². The van der Waals surface area contributed by atoms with Crippen LogP contribution in [0.4, 0.5) is 0 Å². The highest BCUT2D eigenvalue weighted by Crippen LogP contribution is 2.29. The van der Waals surface area contributed by atoms with E-state index >= 15 is 0 Å². The average molecular weight is 316 g/mol. The zero-order chi connectivity index (χ0) is 16.7. The molecule has 1 aromatic heterocycles. The lowest BCUT2D eigenvalue weighted by atomic mass is 10.1. The molecule has 23 heavy (non-hydrogen) atoms. The summed E-state index contributed by atoms with van der Waals surface area (Å²) in [5, 5.41) is 0.682. The molecule has 0 atom stereocenters. The SMILES string of the molecule is CCCCCC(=O)Oc1c(CCCC)c(=O)oc2ccccc12. The molecule has 0 N–H and O–H groups in total. The van der Waals surface area contributed by atoms with Crippen molar-refractivity contribution in [3.63, 3.8) is 0 Å². The van der Waals surface area contributed by atoms with Gasteiger partial charge in [-0.25, -0.2) is 4.79 Å². The molecule has 4 heteroatoms. The van der Waals surface area contributed by atoms with Gasteiger partial charge >= 0.3 is 11.6 Å². The van der Waals surface area contributed by atoms with Crippen LogP contribution >= 0.6 is 0 Å². The Kier molecular flexibility index (Phi) is 6.39. The van der Waals surface area contributed by atoms with Gasteiger partial charge in [-0.2, -0.15) is 0 Å². The Morgan fingerprint density at radius 3 is 2.57 bits per heavy atom. The third kappa shape index (κ3) is 4.44. The highest BCUT2D eigenvalue weighted by atomic mass is 16.5. The first-order valence-electron chi connectivity index (χ1n) is 8.42. The van der Waals surface area contributed by atoms with Gasteiger partial charge in [0.25, 0.3) is 0 Å². The van der Waals surface area contributed by atoms with Crippen molar-refractivity contribution in [2.75, 3.05) is 0 Å². The highest BCUT2D eigenvalue weighted by molar-refractivity contribution is 5.87. The number of unbranched alkanes of at least 4 members (excludes halogenated alkanes) is 3. The molecule has 0 aliphatic rings. The van der Waals surface area contributed by atoms with Crippen LogP contribution in [0.1, 0.15) is 57.9 Å². The van der Waals surface area contributed by atoms with Crippen LogP contribution in [0.25, 0.3) is 11.0 Å². The topological polar surface area (TPSA) is 56.5 Å². The Bertz CT molecular complexity index is 715. The van der Waals surface area contributed by atoms with Crippen LogP contribution in [0, 0.1) is 0 Å². The zero-order valence-electron chi connectivity index (χ0n) is 13.9. The first-order chi connectivity index (χ1) is 11.2. The molecule has 0 aliphatic heterocycles. The molecular weight excluding hydrogens is 292 g/mol. The highest BCUT2D eigenvalue weighted by Gasteiger charge is 2.18. The number of fused-ring (bicyclic) bond motifs is 1. The summed E-state index contributed by atoms with van der Waals surface area (Å²) in [7, 11) is 0. The van der Waals surface area contributed by atoms with Crippen molar-refractivity contribution in [3.05, 3.63) is 40.2 Å². The number of hydrogen-bond acceptors (Lipinski definition) is 4. The Balaban J connectivity index is 2.37. The van der Waals surface area contributed by atoms with E-state index in [1.807, 2.05) is 12.1 Å². The third-order valence-corrected chi connectivity index (χ3v) is 3.84. The molecule has 0 saturated heterocycles. The number of para-hydroxylation sites is 1. The van der Waals surface area contributed by atoms with E-state index < -0.39 is 5.63 Å². The monoisotopic (exact) mass is 316 g/mol. The first-order valence-corrected chi connectivity index (χ1v) is 8.42. The van der Waals surface area contributed by atoms with Gasteiger partial charge in [-0.15, -0.1) is 0 Å². The number of carbonyl (C=O) groups is 1. The summed E-state index contributed by atoms with van der Waals surface area (Å²) in [5.74, 6) is 0.0961. The summed E-state index contributed by atoms with van der Waals surface area (Å²) >= 11 is 0. The summed E-state index contributed by atoms with van der Waals surface area (Å²) in [6.45, 7) is 4.14. The summed E-state index contributed by atoms with van der Waals surface area (Å²) in [4.78, 5) is 24.4. The standard InChI is InChI=1S/C19H24O4/c1-3-5-7-13-17(20)23-18-14-11-8-9-12-16(14)22-19(21)15(18)10-6-4-2/h8-9,11-12H,3-7,10,13H2,1-2H3. The number of ether oxygens (including phenoxy) is 1. The minimum atomic E-state index is -0.409. The van der Waals surface area contributed by atoms with Crippen molar-refractivity contribution < 1.29 is 13.9 Å². The number of rotatable bonds is 8. The minimum Gasteiger partial charge on any atom is -0.425 e. The number of esters is 1. The van der Waals surface area contributed by atoms with Crippen LogP contribution in [0.3, 0.4) is 0 Å². The van der Waals surface area contributed by atoms with Crippen molar-refractivity contribution >= 4 is 16.9 Å². The molecule has 2 rings (SSSR count). The van der Waals surface area contributed by atoms with Gasteiger partial charge in [0.1, 0.15) is 5.58 Å². The van der Waals surface area contributed by atoms with E-state index in [0.717, 1.165) is 32.1 Å². The van der Waals surface area contributed by atoms with Gasteiger partial charge in [0.15, 0.2) is 5.75 Å². The molecule has 4 nitrogen and oxygen atoms in total. The average Bonchev–Trinajstić information content (AvgIpc) is 2.54. The predicted molar refractivity (Wildman–Crippen MR) is 90.9 cm³/mol. The molecule has 0 amide bonds. The Hall–Kier alpha value is -2.10. The maximum Gasteiger partial charge on any atom is 0.343 e. The molecule has 1 heterocycles. The lowest BCUT2D eigenvalue weighted by Crippen LogP contribution is -2.15. The van der Waals surface area contributed by atoms with Crippen molar-refractivity contribution in [1.29, 1.82) is 0 Å². The largest absolute Gasteiger partial charge is 0.425 e. The molecule has 0 fully saturated rings. The van der Waals surface area contributed by atoms with Crippen LogP contribution in [0.2, 0.25) is 0 Å². The van der Waals surface area contributed by atoms with Crippen LogP contribution in [0.5, 0.6) is 5.75 Å². The number of carbonyl (C=O) groups excluding carboxylic acids is 1. The second-order valence-corrected chi connectivity index (χ2v) is 5.73. The quantitative estimate of drug-likeness (QED) is 0.405. The second kappa shape index (κ2) is 8.51. The van der Waals surface area contributed by atoms with Gasteiger partial charge < -0.3 is 9.15 Å². The molecule has 0 aliphatic carbocycles. The molecular formula is C19H24O4. The predicted octanol–water partition coefficient (Wildman–Crippen LogP) is 4.62. The molecule has 0 saturated carbocycles. The second-order valence-electron chi connectivity index (χ2n) is 5.73. The lowest BCUT2D eigenvalue weighted by Gasteiger charge is -2.11. The summed E-state index contributed by atoms with van der Waals surface area (Å²) < 4.78 is 10.9. The van der Waals surface area contributed by atoms with Crippen molar-refractivity contribution in [2.24, 2.45) is 0 Å². The van der Waals surface area contributed by atoms with Crippen LogP contribution < -0.4 is 10.4 Å². The maximum absolute atomic E-state index is 12.2. The van der Waals surface area contributed by atoms with Crippen LogP contribution in [-0.2, 0) is 11.2 Å². The Labute approximate surface area is 136 Å². The summed E-state index contributed by atoms with van der Waals surface area (Å²) in [5.41, 5.74) is 0.511. The minimum absolute atomic E-state index is 0.285. The number of hydrogen-bond donors (Lipinski definition) is 0. The molecule has 0 bridgehead atoms. The normalized spacial score (nSPS) is 10.9. The number of benzene rings is 1. The van der Waals surface area contributed by atoms with Gasteiger partial charge in [-0.05, 0) is 31.4 Å². The summed E-state index contributed by atoms with van der Waals surface area (Å²) in [6, 6.07) is 7.18. The van der Waals surface area contributed by atoms with Crippen molar-refractivity contribution in [2.45, 2.75) is 58.8 Å². The lowest BCUT2D eigenvalue weighted by molar-refractivity contribution is -0.134. The fraction of sp³-hybridized carbons (Fsp3) is 0.474. The smallest absolute Gasteiger partial charge is 0.343 e. The van der Waals surface area contributed by atoms with Gasteiger partial charge in [-0.3, -0.25) is 4.79 Å². The molecule has 0 radical (unpaired) electrons. The van der Waals surface area contributed by atoms with E-state index in [-0.39, 0.29) is 5.97 Å². The molecule has 2 aromatic rings. The van der Waals surface area contributed by atoms with E-state index in [1.54, 1.807) is 12.1 Å². The maximum atomic E-state index is 12.2. The Morgan fingerprint density at radius 2 is 1.83 bits per heavy atom. The zero-order valence-corrected chi connectivity index (χ0v) is 13.9.